The second kappa shape index (κ2) is 9.37. The van der Waals surface area contributed by atoms with Gasteiger partial charge in [-0.3, -0.25) is 9.59 Å². The molecule has 6 heteroatoms. The topological polar surface area (TPSA) is 67.9 Å². The molecular weight excluding hydrogens is 356 g/mol. The lowest BCUT2D eigenvalue weighted by Crippen LogP contribution is -2.40. The number of rotatable bonds is 7. The quantitative estimate of drug-likeness (QED) is 0.745. The lowest BCUT2D eigenvalue weighted by Gasteiger charge is -2.23. The second-order valence-corrected chi connectivity index (χ2v) is 6.76. The summed E-state index contributed by atoms with van der Waals surface area (Å²) in [6.07, 6.45) is 0.873. The summed E-state index contributed by atoms with van der Waals surface area (Å²) in [6, 6.07) is 14.6. The van der Waals surface area contributed by atoms with Gasteiger partial charge in [-0.15, -0.1) is 0 Å². The first-order valence-corrected chi connectivity index (χ1v) is 9.56. The zero-order valence-corrected chi connectivity index (χ0v) is 16.3. The molecule has 0 radical (unpaired) electrons. The molecular formula is C22H26N2O4. The molecule has 6 nitrogen and oxygen atoms in total. The Morgan fingerprint density at radius 3 is 2.75 bits per heavy atom. The van der Waals surface area contributed by atoms with Crippen LogP contribution in [-0.4, -0.2) is 43.1 Å². The minimum Gasteiger partial charge on any atom is -0.480 e. The van der Waals surface area contributed by atoms with Crippen molar-refractivity contribution in [2.24, 2.45) is 0 Å². The maximum atomic E-state index is 12.8. The van der Waals surface area contributed by atoms with E-state index in [2.05, 4.69) is 5.32 Å². The molecule has 1 unspecified atom stereocenters. The second-order valence-electron chi connectivity index (χ2n) is 6.76. The number of ether oxygens (including phenoxy) is 2. The van der Waals surface area contributed by atoms with Crippen LogP contribution < -0.4 is 10.1 Å². The van der Waals surface area contributed by atoms with Gasteiger partial charge in [-0.25, -0.2) is 0 Å². The zero-order chi connectivity index (χ0) is 19.9. The van der Waals surface area contributed by atoms with Crippen LogP contribution in [0.3, 0.4) is 0 Å². The summed E-state index contributed by atoms with van der Waals surface area (Å²) in [5, 5.41) is 2.91. The van der Waals surface area contributed by atoms with Gasteiger partial charge in [0.1, 0.15) is 5.75 Å². The van der Waals surface area contributed by atoms with Crippen molar-refractivity contribution in [3.05, 3.63) is 59.7 Å². The van der Waals surface area contributed by atoms with Crippen LogP contribution in [-0.2, 0) is 16.1 Å². The first-order valence-electron chi connectivity index (χ1n) is 9.56. The van der Waals surface area contributed by atoms with E-state index in [1.54, 1.807) is 25.3 Å². The normalized spacial score (nSPS) is 16.1. The van der Waals surface area contributed by atoms with Gasteiger partial charge in [-0.2, -0.15) is 0 Å². The molecule has 1 aliphatic heterocycles. The van der Waals surface area contributed by atoms with E-state index in [9.17, 15) is 9.59 Å². The molecule has 0 fully saturated rings. The van der Waals surface area contributed by atoms with E-state index in [0.29, 0.717) is 43.1 Å². The Kier molecular flexibility index (Phi) is 6.66. The highest BCUT2D eigenvalue weighted by Crippen LogP contribution is 2.29. The van der Waals surface area contributed by atoms with Crippen molar-refractivity contribution in [3.63, 3.8) is 0 Å². The molecule has 1 atom stereocenters. The van der Waals surface area contributed by atoms with Gasteiger partial charge < -0.3 is 19.7 Å². The van der Waals surface area contributed by atoms with Crippen LogP contribution in [0.1, 0.15) is 35.7 Å². The minimum absolute atomic E-state index is 0.00956. The van der Waals surface area contributed by atoms with E-state index >= 15 is 0 Å². The van der Waals surface area contributed by atoms with Crippen molar-refractivity contribution in [2.45, 2.75) is 32.4 Å². The third-order valence-corrected chi connectivity index (χ3v) is 4.72. The van der Waals surface area contributed by atoms with Crippen molar-refractivity contribution in [3.8, 4) is 5.75 Å². The van der Waals surface area contributed by atoms with E-state index < -0.39 is 6.10 Å². The largest absolute Gasteiger partial charge is 0.480 e. The van der Waals surface area contributed by atoms with Crippen molar-refractivity contribution >= 4 is 17.5 Å². The maximum Gasteiger partial charge on any atom is 0.263 e. The van der Waals surface area contributed by atoms with Gasteiger partial charge in [0.15, 0.2) is 6.10 Å². The summed E-state index contributed by atoms with van der Waals surface area (Å²) in [5.74, 6) is 0.506. The highest BCUT2D eigenvalue weighted by atomic mass is 16.5. The van der Waals surface area contributed by atoms with E-state index in [1.165, 1.54) is 0 Å². The monoisotopic (exact) mass is 382 g/mol. The number of hydrogen-bond acceptors (Lipinski definition) is 4. The number of anilines is 1. The highest BCUT2D eigenvalue weighted by Gasteiger charge is 2.29. The molecule has 2 amide bonds. The molecule has 148 valence electrons. The van der Waals surface area contributed by atoms with E-state index in [4.69, 9.17) is 9.47 Å². The fraction of sp³-hybridized carbons (Fsp3) is 0.364. The first kappa shape index (κ1) is 19.9. The first-order chi connectivity index (χ1) is 13.6. The van der Waals surface area contributed by atoms with Crippen LogP contribution >= 0.6 is 0 Å². The van der Waals surface area contributed by atoms with Crippen molar-refractivity contribution in [2.75, 3.05) is 25.6 Å². The van der Waals surface area contributed by atoms with Crippen molar-refractivity contribution in [1.29, 1.82) is 0 Å². The Balaban J connectivity index is 1.80. The fourth-order valence-electron chi connectivity index (χ4n) is 3.23. The number of hydrogen-bond donors (Lipinski definition) is 1. The molecule has 0 aliphatic carbocycles. The Morgan fingerprint density at radius 1 is 1.25 bits per heavy atom. The SMILES string of the molecule is CCC1Oc2ccc(NC(=O)c3ccccc3)cc2CN(CCCOC)C1=O. The maximum absolute atomic E-state index is 12.8. The molecule has 3 rings (SSSR count). The Morgan fingerprint density at radius 2 is 2.04 bits per heavy atom. The average Bonchev–Trinajstić information content (AvgIpc) is 2.85. The smallest absolute Gasteiger partial charge is 0.263 e. The van der Waals surface area contributed by atoms with Gasteiger partial charge in [0.25, 0.3) is 11.8 Å². The van der Waals surface area contributed by atoms with Crippen molar-refractivity contribution in [1.82, 2.24) is 4.90 Å². The minimum atomic E-state index is -0.492. The molecule has 1 heterocycles. The predicted molar refractivity (Wildman–Crippen MR) is 107 cm³/mol. The third-order valence-electron chi connectivity index (χ3n) is 4.72. The number of nitrogens with one attached hydrogen (secondary N) is 1. The summed E-state index contributed by atoms with van der Waals surface area (Å²) in [7, 11) is 1.65. The van der Waals surface area contributed by atoms with Crippen LogP contribution in [0.2, 0.25) is 0 Å². The van der Waals surface area contributed by atoms with E-state index in [0.717, 1.165) is 12.0 Å². The van der Waals surface area contributed by atoms with E-state index in [1.807, 2.05) is 42.2 Å². The molecule has 0 saturated heterocycles. The number of fused-ring (bicyclic) bond motifs is 1. The highest BCUT2D eigenvalue weighted by molar-refractivity contribution is 6.04. The summed E-state index contributed by atoms with van der Waals surface area (Å²) in [4.78, 5) is 27.0. The molecule has 1 N–H and O–H groups in total. The molecule has 0 saturated carbocycles. The zero-order valence-electron chi connectivity index (χ0n) is 16.3. The number of carbonyl (C=O) groups is 2. The molecule has 2 aromatic carbocycles. The Hall–Kier alpha value is -2.86. The van der Waals surface area contributed by atoms with Crippen LogP contribution in [0, 0.1) is 0 Å². The molecule has 0 spiro atoms. The summed E-state index contributed by atoms with van der Waals surface area (Å²) < 4.78 is 11.1. The van der Waals surface area contributed by atoms with Crippen LogP contribution in [0.4, 0.5) is 5.69 Å². The summed E-state index contributed by atoms with van der Waals surface area (Å²) in [5.41, 5.74) is 2.15. The molecule has 2 aromatic rings. The predicted octanol–water partition coefficient (Wildman–Crippen LogP) is 3.48. The lowest BCUT2D eigenvalue weighted by atomic mass is 10.1. The lowest BCUT2D eigenvalue weighted by molar-refractivity contribution is -0.138. The molecule has 0 bridgehead atoms. The van der Waals surface area contributed by atoms with Gasteiger partial charge in [0, 0.05) is 43.6 Å². The number of benzene rings is 2. The van der Waals surface area contributed by atoms with Crippen LogP contribution in [0.15, 0.2) is 48.5 Å². The van der Waals surface area contributed by atoms with Gasteiger partial charge in [-0.05, 0) is 43.2 Å². The molecule has 28 heavy (non-hydrogen) atoms. The molecule has 0 aromatic heterocycles. The summed E-state index contributed by atoms with van der Waals surface area (Å²) in [6.45, 7) is 3.59. The number of carbonyl (C=O) groups excluding carboxylic acids is 2. The van der Waals surface area contributed by atoms with Crippen molar-refractivity contribution < 1.29 is 19.1 Å². The number of methoxy groups -OCH3 is 1. The fourth-order valence-corrected chi connectivity index (χ4v) is 3.23. The number of nitrogens with zero attached hydrogens (tertiary/aromatic N) is 1. The molecule has 1 aliphatic rings. The van der Waals surface area contributed by atoms with Crippen LogP contribution in [0.25, 0.3) is 0 Å². The Bertz CT molecular complexity index is 823. The van der Waals surface area contributed by atoms with Gasteiger partial charge in [-0.1, -0.05) is 25.1 Å². The summed E-state index contributed by atoms with van der Waals surface area (Å²) >= 11 is 0. The van der Waals surface area contributed by atoms with Crippen LogP contribution in [0.5, 0.6) is 5.75 Å². The van der Waals surface area contributed by atoms with Gasteiger partial charge >= 0.3 is 0 Å². The van der Waals surface area contributed by atoms with Gasteiger partial charge in [0.05, 0.1) is 0 Å². The third kappa shape index (κ3) is 4.70. The average molecular weight is 382 g/mol. The van der Waals surface area contributed by atoms with E-state index in [-0.39, 0.29) is 11.8 Å². The Labute approximate surface area is 165 Å². The number of amides is 2. The standard InChI is InChI=1S/C22H26N2O4/c1-3-19-22(26)24(12-7-13-27-2)15-17-14-18(10-11-20(17)28-19)23-21(25)16-8-5-4-6-9-16/h4-6,8-11,14,19H,3,7,12-13,15H2,1-2H3,(H,23,25). The van der Waals surface area contributed by atoms with Gasteiger partial charge in [0.2, 0.25) is 0 Å².